The molecule has 0 saturated carbocycles. The van der Waals surface area contributed by atoms with Gasteiger partial charge in [0.1, 0.15) is 17.5 Å². The fourth-order valence-corrected chi connectivity index (χ4v) is 1.69. The van der Waals surface area contributed by atoms with Gasteiger partial charge in [-0.15, -0.1) is 0 Å². The lowest BCUT2D eigenvalue weighted by Crippen LogP contribution is -2.14. The predicted octanol–water partition coefficient (Wildman–Crippen LogP) is 3.25. The number of para-hydroxylation sites is 1. The number of anilines is 1. The Bertz CT molecular complexity index is 574. The molecular formula is C14H12F3NO. The molecule has 0 bridgehead atoms. The molecule has 0 fully saturated rings. The highest BCUT2D eigenvalue weighted by Crippen LogP contribution is 2.20. The molecule has 2 aromatic carbocycles. The van der Waals surface area contributed by atoms with E-state index in [1.165, 1.54) is 24.3 Å². The number of rotatable bonds is 4. The van der Waals surface area contributed by atoms with Crippen LogP contribution in [-0.4, -0.2) is 11.7 Å². The molecule has 2 rings (SSSR count). The standard InChI is InChI=1S/C14H12F3NO/c15-9-5-6-10(12(17)7-9)14(19)8-18-13-4-2-1-3-11(13)16/h1-7,14,18-19H,8H2. The van der Waals surface area contributed by atoms with Crippen molar-refractivity contribution in [1.29, 1.82) is 0 Å². The maximum atomic E-state index is 13.4. The number of aliphatic hydroxyl groups is 1. The van der Waals surface area contributed by atoms with Gasteiger partial charge in [0.05, 0.1) is 11.8 Å². The Morgan fingerprint density at radius 2 is 1.74 bits per heavy atom. The summed E-state index contributed by atoms with van der Waals surface area (Å²) >= 11 is 0. The van der Waals surface area contributed by atoms with Gasteiger partial charge in [-0.25, -0.2) is 13.2 Å². The van der Waals surface area contributed by atoms with E-state index >= 15 is 0 Å². The third-order valence-electron chi connectivity index (χ3n) is 2.68. The van der Waals surface area contributed by atoms with Crippen molar-refractivity contribution in [2.45, 2.75) is 6.10 Å². The highest BCUT2D eigenvalue weighted by atomic mass is 19.1. The van der Waals surface area contributed by atoms with Crippen molar-refractivity contribution in [3.63, 3.8) is 0 Å². The van der Waals surface area contributed by atoms with Gasteiger partial charge in [-0.2, -0.15) is 0 Å². The fourth-order valence-electron chi connectivity index (χ4n) is 1.69. The second-order valence-electron chi connectivity index (χ2n) is 4.04. The fraction of sp³-hybridized carbons (Fsp3) is 0.143. The van der Waals surface area contributed by atoms with E-state index in [1.54, 1.807) is 6.07 Å². The van der Waals surface area contributed by atoms with Gasteiger partial charge in [0.25, 0.3) is 0 Å². The molecule has 0 aliphatic carbocycles. The van der Waals surface area contributed by atoms with Crippen LogP contribution in [0.15, 0.2) is 42.5 Å². The van der Waals surface area contributed by atoms with Crippen LogP contribution in [0.25, 0.3) is 0 Å². The molecule has 1 atom stereocenters. The molecule has 19 heavy (non-hydrogen) atoms. The van der Waals surface area contributed by atoms with Crippen molar-refractivity contribution in [2.24, 2.45) is 0 Å². The van der Waals surface area contributed by atoms with Gasteiger partial charge in [-0.05, 0) is 18.2 Å². The van der Waals surface area contributed by atoms with Crippen molar-refractivity contribution < 1.29 is 18.3 Å². The second-order valence-corrected chi connectivity index (χ2v) is 4.04. The van der Waals surface area contributed by atoms with E-state index in [1.807, 2.05) is 0 Å². The maximum absolute atomic E-state index is 13.4. The molecule has 0 radical (unpaired) electrons. The van der Waals surface area contributed by atoms with Gasteiger partial charge in [-0.1, -0.05) is 18.2 Å². The topological polar surface area (TPSA) is 32.3 Å². The van der Waals surface area contributed by atoms with Crippen molar-refractivity contribution in [3.8, 4) is 0 Å². The van der Waals surface area contributed by atoms with Gasteiger partial charge in [0.15, 0.2) is 0 Å². The summed E-state index contributed by atoms with van der Waals surface area (Å²) in [6.45, 7) is -0.0799. The monoisotopic (exact) mass is 267 g/mol. The first kappa shape index (κ1) is 13.4. The lowest BCUT2D eigenvalue weighted by Gasteiger charge is -2.14. The molecule has 100 valence electrons. The minimum absolute atomic E-state index is 0.0368. The highest BCUT2D eigenvalue weighted by Gasteiger charge is 2.13. The van der Waals surface area contributed by atoms with Gasteiger partial charge in [-0.3, -0.25) is 0 Å². The van der Waals surface area contributed by atoms with E-state index in [0.29, 0.717) is 6.07 Å². The zero-order chi connectivity index (χ0) is 13.8. The first-order chi connectivity index (χ1) is 9.08. The van der Waals surface area contributed by atoms with E-state index < -0.39 is 23.6 Å². The molecule has 0 aliphatic rings. The minimum Gasteiger partial charge on any atom is -0.386 e. The van der Waals surface area contributed by atoms with E-state index in [0.717, 1.165) is 6.07 Å². The van der Waals surface area contributed by atoms with Crippen molar-refractivity contribution in [3.05, 3.63) is 65.5 Å². The molecule has 2 nitrogen and oxygen atoms in total. The molecule has 0 amide bonds. The van der Waals surface area contributed by atoms with E-state index in [9.17, 15) is 18.3 Å². The van der Waals surface area contributed by atoms with E-state index in [2.05, 4.69) is 5.32 Å². The van der Waals surface area contributed by atoms with Crippen LogP contribution in [0.5, 0.6) is 0 Å². The average Bonchev–Trinajstić information content (AvgIpc) is 2.37. The lowest BCUT2D eigenvalue weighted by atomic mass is 10.1. The summed E-state index contributed by atoms with van der Waals surface area (Å²) in [4.78, 5) is 0. The number of aliphatic hydroxyl groups excluding tert-OH is 1. The zero-order valence-corrected chi connectivity index (χ0v) is 9.91. The Morgan fingerprint density at radius 3 is 2.42 bits per heavy atom. The van der Waals surface area contributed by atoms with Crippen molar-refractivity contribution >= 4 is 5.69 Å². The first-order valence-electron chi connectivity index (χ1n) is 5.69. The Kier molecular flexibility index (Phi) is 4.06. The van der Waals surface area contributed by atoms with Gasteiger partial charge in [0, 0.05) is 18.2 Å². The van der Waals surface area contributed by atoms with E-state index in [4.69, 9.17) is 0 Å². The first-order valence-corrected chi connectivity index (χ1v) is 5.69. The average molecular weight is 267 g/mol. The van der Waals surface area contributed by atoms with Crippen molar-refractivity contribution in [1.82, 2.24) is 0 Å². The van der Waals surface area contributed by atoms with Crippen LogP contribution in [0, 0.1) is 17.5 Å². The van der Waals surface area contributed by atoms with Crippen LogP contribution in [-0.2, 0) is 0 Å². The Balaban J connectivity index is 2.05. The summed E-state index contributed by atoms with van der Waals surface area (Å²) in [7, 11) is 0. The molecule has 5 heteroatoms. The lowest BCUT2D eigenvalue weighted by molar-refractivity contribution is 0.186. The molecule has 1 unspecified atom stereocenters. The maximum Gasteiger partial charge on any atom is 0.146 e. The minimum atomic E-state index is -1.19. The Labute approximate surface area is 108 Å². The molecule has 0 aliphatic heterocycles. The second kappa shape index (κ2) is 5.75. The Morgan fingerprint density at radius 1 is 1.00 bits per heavy atom. The van der Waals surface area contributed by atoms with Gasteiger partial charge in [0.2, 0.25) is 0 Å². The van der Waals surface area contributed by atoms with Crippen LogP contribution >= 0.6 is 0 Å². The quantitative estimate of drug-likeness (QED) is 0.891. The predicted molar refractivity (Wildman–Crippen MR) is 66.2 cm³/mol. The van der Waals surface area contributed by atoms with Crippen LogP contribution < -0.4 is 5.32 Å². The van der Waals surface area contributed by atoms with Crippen LogP contribution in [0.3, 0.4) is 0 Å². The normalized spacial score (nSPS) is 12.2. The van der Waals surface area contributed by atoms with Crippen LogP contribution in [0.2, 0.25) is 0 Å². The molecule has 0 aromatic heterocycles. The van der Waals surface area contributed by atoms with Gasteiger partial charge >= 0.3 is 0 Å². The molecule has 0 saturated heterocycles. The summed E-state index contributed by atoms with van der Waals surface area (Å²) in [6.07, 6.45) is -1.19. The number of hydrogen-bond acceptors (Lipinski definition) is 2. The largest absolute Gasteiger partial charge is 0.386 e. The SMILES string of the molecule is OC(CNc1ccccc1F)c1ccc(F)cc1F. The number of halogens is 3. The van der Waals surface area contributed by atoms with Gasteiger partial charge < -0.3 is 10.4 Å². The summed E-state index contributed by atoms with van der Waals surface area (Å²) in [5, 5.41) is 12.5. The highest BCUT2D eigenvalue weighted by molar-refractivity contribution is 5.44. The molecule has 0 heterocycles. The molecular weight excluding hydrogens is 255 g/mol. The van der Waals surface area contributed by atoms with Crippen LogP contribution in [0.1, 0.15) is 11.7 Å². The summed E-state index contributed by atoms with van der Waals surface area (Å²) in [5.74, 6) is -2.01. The zero-order valence-electron chi connectivity index (χ0n) is 9.91. The van der Waals surface area contributed by atoms with E-state index in [-0.39, 0.29) is 17.8 Å². The number of hydrogen-bond donors (Lipinski definition) is 2. The summed E-state index contributed by atoms with van der Waals surface area (Å²) < 4.78 is 39.4. The summed E-state index contributed by atoms with van der Waals surface area (Å²) in [6, 6.07) is 8.87. The van der Waals surface area contributed by atoms with Crippen LogP contribution in [0.4, 0.5) is 18.9 Å². The third kappa shape index (κ3) is 3.26. The number of benzene rings is 2. The molecule has 2 N–H and O–H groups in total. The Hall–Kier alpha value is -2.01. The third-order valence-corrected chi connectivity index (χ3v) is 2.68. The number of nitrogens with one attached hydrogen (secondary N) is 1. The van der Waals surface area contributed by atoms with Crippen molar-refractivity contribution in [2.75, 3.05) is 11.9 Å². The smallest absolute Gasteiger partial charge is 0.146 e. The summed E-state index contributed by atoms with van der Waals surface area (Å²) in [5.41, 5.74) is 0.175. The molecule has 2 aromatic rings. The molecule has 0 spiro atoms.